The van der Waals surface area contributed by atoms with Crippen LogP contribution in [0.5, 0.6) is 0 Å². The molecular weight excluding hydrogens is 181 g/mol. The first kappa shape index (κ1) is 11.1. The Kier molecular flexibility index (Phi) is 3.61. The fourth-order valence-electron chi connectivity index (χ4n) is 1.47. The second-order valence-corrected chi connectivity index (χ2v) is 3.46. The van der Waals surface area contributed by atoms with Gasteiger partial charge < -0.3 is 10.8 Å². The number of benzene rings is 1. The number of aryl methyl sites for hydroxylation is 1. The van der Waals surface area contributed by atoms with Gasteiger partial charge in [-0.3, -0.25) is 0 Å². The molecule has 0 fully saturated rings. The molecular formula is C11H16FNO. The van der Waals surface area contributed by atoms with Gasteiger partial charge in [0.15, 0.2) is 0 Å². The standard InChI is InChI=1S/C11H16FNO/c1-3-8-6-9(12)4-5-10(8)11(13)7(2)14/h4-7,11,14H,3,13H2,1-2H3/t7-,11+/m1/s1. The normalized spacial score (nSPS) is 15.2. The Bertz CT molecular complexity index is 312. The molecule has 0 aliphatic carbocycles. The molecule has 1 aromatic carbocycles. The number of aliphatic hydroxyl groups excluding tert-OH is 1. The summed E-state index contributed by atoms with van der Waals surface area (Å²) < 4.78 is 12.9. The highest BCUT2D eigenvalue weighted by molar-refractivity contribution is 5.31. The third-order valence-corrected chi connectivity index (χ3v) is 2.36. The Morgan fingerprint density at radius 1 is 1.50 bits per heavy atom. The van der Waals surface area contributed by atoms with E-state index in [1.165, 1.54) is 12.1 Å². The summed E-state index contributed by atoms with van der Waals surface area (Å²) in [5.41, 5.74) is 7.47. The third-order valence-electron chi connectivity index (χ3n) is 2.36. The van der Waals surface area contributed by atoms with E-state index in [4.69, 9.17) is 5.73 Å². The van der Waals surface area contributed by atoms with Crippen molar-refractivity contribution in [2.45, 2.75) is 32.4 Å². The highest BCUT2D eigenvalue weighted by Gasteiger charge is 2.15. The smallest absolute Gasteiger partial charge is 0.123 e. The molecule has 0 saturated carbocycles. The summed E-state index contributed by atoms with van der Waals surface area (Å²) in [6.45, 7) is 3.57. The van der Waals surface area contributed by atoms with Gasteiger partial charge in [0.05, 0.1) is 12.1 Å². The minimum Gasteiger partial charge on any atom is -0.391 e. The van der Waals surface area contributed by atoms with Crippen LogP contribution in [-0.4, -0.2) is 11.2 Å². The Morgan fingerprint density at radius 2 is 2.14 bits per heavy atom. The Labute approximate surface area is 83.6 Å². The van der Waals surface area contributed by atoms with E-state index >= 15 is 0 Å². The predicted molar refractivity (Wildman–Crippen MR) is 54.4 cm³/mol. The van der Waals surface area contributed by atoms with Gasteiger partial charge in [-0.05, 0) is 36.6 Å². The molecule has 2 nitrogen and oxygen atoms in total. The molecule has 0 aromatic heterocycles. The summed E-state index contributed by atoms with van der Waals surface area (Å²) in [6.07, 6.45) is 0.0961. The zero-order chi connectivity index (χ0) is 10.7. The quantitative estimate of drug-likeness (QED) is 0.775. The molecule has 78 valence electrons. The number of rotatable bonds is 3. The van der Waals surface area contributed by atoms with Crippen LogP contribution in [0.25, 0.3) is 0 Å². The van der Waals surface area contributed by atoms with Crippen LogP contribution in [0.3, 0.4) is 0 Å². The zero-order valence-electron chi connectivity index (χ0n) is 8.50. The summed E-state index contributed by atoms with van der Waals surface area (Å²) in [4.78, 5) is 0. The molecule has 1 aromatic rings. The lowest BCUT2D eigenvalue weighted by Gasteiger charge is -2.18. The van der Waals surface area contributed by atoms with Crippen LogP contribution in [0.2, 0.25) is 0 Å². The van der Waals surface area contributed by atoms with E-state index in [0.29, 0.717) is 6.42 Å². The first-order valence-electron chi connectivity index (χ1n) is 4.78. The summed E-state index contributed by atoms with van der Waals surface area (Å²) in [6, 6.07) is 4.05. The Balaban J connectivity index is 3.07. The van der Waals surface area contributed by atoms with Crippen molar-refractivity contribution in [3.05, 3.63) is 35.1 Å². The molecule has 0 saturated heterocycles. The van der Waals surface area contributed by atoms with Crippen LogP contribution in [-0.2, 0) is 6.42 Å². The largest absolute Gasteiger partial charge is 0.391 e. The van der Waals surface area contributed by atoms with E-state index < -0.39 is 12.1 Å². The van der Waals surface area contributed by atoms with Gasteiger partial charge in [-0.1, -0.05) is 13.0 Å². The maximum absolute atomic E-state index is 12.9. The van der Waals surface area contributed by atoms with Crippen LogP contribution in [0, 0.1) is 5.82 Å². The van der Waals surface area contributed by atoms with Crippen molar-refractivity contribution in [2.24, 2.45) is 5.73 Å². The molecule has 0 aliphatic heterocycles. The highest BCUT2D eigenvalue weighted by Crippen LogP contribution is 2.20. The first-order valence-corrected chi connectivity index (χ1v) is 4.78. The van der Waals surface area contributed by atoms with Gasteiger partial charge in [0.1, 0.15) is 5.82 Å². The molecule has 0 aliphatic rings. The third kappa shape index (κ3) is 2.30. The summed E-state index contributed by atoms with van der Waals surface area (Å²) in [5, 5.41) is 9.34. The SMILES string of the molecule is CCc1cc(F)ccc1[C@@H](N)[C@@H](C)O. The van der Waals surface area contributed by atoms with E-state index in [-0.39, 0.29) is 5.82 Å². The van der Waals surface area contributed by atoms with Crippen molar-refractivity contribution >= 4 is 0 Å². The van der Waals surface area contributed by atoms with E-state index in [1.807, 2.05) is 6.92 Å². The van der Waals surface area contributed by atoms with Crippen LogP contribution in [0.4, 0.5) is 4.39 Å². The lowest BCUT2D eigenvalue weighted by atomic mass is 9.96. The van der Waals surface area contributed by atoms with Crippen molar-refractivity contribution < 1.29 is 9.50 Å². The van der Waals surface area contributed by atoms with E-state index in [0.717, 1.165) is 11.1 Å². The Morgan fingerprint density at radius 3 is 2.64 bits per heavy atom. The topological polar surface area (TPSA) is 46.2 Å². The van der Waals surface area contributed by atoms with Gasteiger partial charge in [-0.2, -0.15) is 0 Å². The number of halogens is 1. The summed E-state index contributed by atoms with van der Waals surface area (Å²) in [7, 11) is 0. The van der Waals surface area contributed by atoms with Crippen molar-refractivity contribution in [1.29, 1.82) is 0 Å². The van der Waals surface area contributed by atoms with Crippen LogP contribution >= 0.6 is 0 Å². The van der Waals surface area contributed by atoms with E-state index in [9.17, 15) is 9.50 Å². The average Bonchev–Trinajstić information content (AvgIpc) is 2.16. The minimum absolute atomic E-state index is 0.261. The molecule has 2 atom stereocenters. The average molecular weight is 197 g/mol. The van der Waals surface area contributed by atoms with Crippen LogP contribution in [0.15, 0.2) is 18.2 Å². The van der Waals surface area contributed by atoms with Gasteiger partial charge in [-0.15, -0.1) is 0 Å². The van der Waals surface area contributed by atoms with Gasteiger partial charge >= 0.3 is 0 Å². The number of nitrogens with two attached hydrogens (primary N) is 1. The second-order valence-electron chi connectivity index (χ2n) is 3.46. The van der Waals surface area contributed by atoms with Crippen molar-refractivity contribution in [3.63, 3.8) is 0 Å². The van der Waals surface area contributed by atoms with E-state index in [1.54, 1.807) is 13.0 Å². The zero-order valence-corrected chi connectivity index (χ0v) is 8.50. The minimum atomic E-state index is -0.620. The molecule has 0 amide bonds. The summed E-state index contributed by atoms with van der Waals surface area (Å²) >= 11 is 0. The van der Waals surface area contributed by atoms with Crippen molar-refractivity contribution in [1.82, 2.24) is 0 Å². The summed E-state index contributed by atoms with van der Waals surface area (Å²) in [5.74, 6) is -0.261. The number of hydrogen-bond acceptors (Lipinski definition) is 2. The first-order chi connectivity index (χ1) is 6.56. The molecule has 3 heteroatoms. The monoisotopic (exact) mass is 197 g/mol. The molecule has 0 bridgehead atoms. The number of hydrogen-bond donors (Lipinski definition) is 2. The van der Waals surface area contributed by atoms with E-state index in [2.05, 4.69) is 0 Å². The molecule has 14 heavy (non-hydrogen) atoms. The molecule has 0 unspecified atom stereocenters. The van der Waals surface area contributed by atoms with Gasteiger partial charge in [0.25, 0.3) is 0 Å². The van der Waals surface area contributed by atoms with Crippen LogP contribution in [0.1, 0.15) is 31.0 Å². The fraction of sp³-hybridized carbons (Fsp3) is 0.455. The predicted octanol–water partition coefficient (Wildman–Crippen LogP) is 1.77. The maximum atomic E-state index is 12.9. The highest BCUT2D eigenvalue weighted by atomic mass is 19.1. The molecule has 1 rings (SSSR count). The second kappa shape index (κ2) is 4.53. The molecule has 0 heterocycles. The maximum Gasteiger partial charge on any atom is 0.123 e. The lowest BCUT2D eigenvalue weighted by molar-refractivity contribution is 0.164. The fourth-order valence-corrected chi connectivity index (χ4v) is 1.47. The van der Waals surface area contributed by atoms with Crippen molar-refractivity contribution in [3.8, 4) is 0 Å². The van der Waals surface area contributed by atoms with Gasteiger partial charge in [-0.25, -0.2) is 4.39 Å². The van der Waals surface area contributed by atoms with Gasteiger partial charge in [0.2, 0.25) is 0 Å². The number of aliphatic hydroxyl groups is 1. The van der Waals surface area contributed by atoms with Crippen molar-refractivity contribution in [2.75, 3.05) is 0 Å². The van der Waals surface area contributed by atoms with Crippen LogP contribution < -0.4 is 5.73 Å². The lowest BCUT2D eigenvalue weighted by Crippen LogP contribution is -2.24. The molecule has 0 radical (unpaired) electrons. The Hall–Kier alpha value is -0.930. The molecule has 3 N–H and O–H groups in total. The molecule has 0 spiro atoms. The van der Waals surface area contributed by atoms with Gasteiger partial charge in [0, 0.05) is 0 Å².